The second kappa shape index (κ2) is 8.02. The lowest BCUT2D eigenvalue weighted by Crippen LogP contribution is -2.31. The van der Waals surface area contributed by atoms with Crippen LogP contribution in [0.1, 0.15) is 25.2 Å². The van der Waals surface area contributed by atoms with Crippen LogP contribution in [0.2, 0.25) is 0 Å². The molecule has 122 valence electrons. The summed E-state index contributed by atoms with van der Waals surface area (Å²) in [7, 11) is 0. The molecule has 2 aromatic heterocycles. The first kappa shape index (κ1) is 16.6. The maximum absolute atomic E-state index is 11.8. The van der Waals surface area contributed by atoms with Gasteiger partial charge in [-0.25, -0.2) is 4.79 Å². The summed E-state index contributed by atoms with van der Waals surface area (Å²) < 4.78 is 5.38. The zero-order chi connectivity index (χ0) is 16.7. The van der Waals surface area contributed by atoms with E-state index in [1.54, 1.807) is 24.5 Å². The van der Waals surface area contributed by atoms with Gasteiger partial charge in [0.2, 0.25) is 5.88 Å². The van der Waals surface area contributed by atoms with Gasteiger partial charge in [-0.1, -0.05) is 0 Å². The number of rotatable bonds is 6. The van der Waals surface area contributed by atoms with Crippen LogP contribution < -0.4 is 15.4 Å². The number of urea groups is 1. The third-order valence-electron chi connectivity index (χ3n) is 2.71. The highest BCUT2D eigenvalue weighted by molar-refractivity contribution is 5.88. The molecular weight excluding hydrogens is 296 g/mol. The highest BCUT2D eigenvalue weighted by atomic mass is 16.5. The molecule has 0 aromatic carbocycles. The number of carbonyl (C=O) groups excluding carboxylic acids is 1. The standard InChI is InChI=1S/C15H20N6O2/c1-10(2)23-14-5-4-13(20-21-14)19-15(22)17-7-6-12-9-16-8-11(3)18-12/h4-5,8-10H,6-7H2,1-3H3,(H2,17,19,20,22). The molecule has 0 saturated carbocycles. The average Bonchev–Trinajstić information content (AvgIpc) is 2.49. The summed E-state index contributed by atoms with van der Waals surface area (Å²) in [6, 6.07) is 2.94. The summed E-state index contributed by atoms with van der Waals surface area (Å²) in [5.41, 5.74) is 1.69. The van der Waals surface area contributed by atoms with Crippen molar-refractivity contribution in [2.45, 2.75) is 33.3 Å². The van der Waals surface area contributed by atoms with Gasteiger partial charge in [0.05, 0.1) is 17.5 Å². The molecule has 0 saturated heterocycles. The number of aromatic nitrogens is 4. The molecule has 0 bridgehead atoms. The summed E-state index contributed by atoms with van der Waals surface area (Å²) in [5.74, 6) is 0.776. The van der Waals surface area contributed by atoms with Crippen LogP contribution in [0.4, 0.5) is 10.6 Å². The van der Waals surface area contributed by atoms with E-state index in [4.69, 9.17) is 4.74 Å². The van der Waals surface area contributed by atoms with Gasteiger partial charge in [-0.05, 0) is 26.8 Å². The number of hydrogen-bond acceptors (Lipinski definition) is 6. The Bertz CT molecular complexity index is 645. The van der Waals surface area contributed by atoms with E-state index < -0.39 is 0 Å². The number of aryl methyl sites for hydroxylation is 1. The van der Waals surface area contributed by atoms with Crippen LogP contribution in [0.15, 0.2) is 24.5 Å². The van der Waals surface area contributed by atoms with Crippen LogP contribution in [0.5, 0.6) is 5.88 Å². The molecule has 0 fully saturated rings. The normalized spacial score (nSPS) is 10.4. The molecule has 0 unspecified atom stereocenters. The molecule has 0 atom stereocenters. The molecule has 0 aliphatic heterocycles. The maximum atomic E-state index is 11.8. The molecule has 23 heavy (non-hydrogen) atoms. The Morgan fingerprint density at radius 2 is 2.09 bits per heavy atom. The zero-order valence-electron chi connectivity index (χ0n) is 13.4. The molecule has 0 radical (unpaired) electrons. The SMILES string of the molecule is Cc1cncc(CCNC(=O)Nc2ccc(OC(C)C)nn2)n1. The lowest BCUT2D eigenvalue weighted by Gasteiger charge is -2.09. The van der Waals surface area contributed by atoms with E-state index >= 15 is 0 Å². The van der Waals surface area contributed by atoms with Crippen LogP contribution >= 0.6 is 0 Å². The number of ether oxygens (including phenoxy) is 1. The van der Waals surface area contributed by atoms with E-state index in [2.05, 4.69) is 30.8 Å². The Labute approximate surface area is 134 Å². The van der Waals surface area contributed by atoms with Crippen molar-refractivity contribution in [1.82, 2.24) is 25.5 Å². The monoisotopic (exact) mass is 316 g/mol. The number of nitrogens with zero attached hydrogens (tertiary/aromatic N) is 4. The smallest absolute Gasteiger partial charge is 0.320 e. The Morgan fingerprint density at radius 3 is 2.74 bits per heavy atom. The van der Waals surface area contributed by atoms with E-state index in [9.17, 15) is 4.79 Å². The van der Waals surface area contributed by atoms with Gasteiger partial charge in [0.15, 0.2) is 5.82 Å². The first-order chi connectivity index (χ1) is 11.0. The zero-order valence-corrected chi connectivity index (χ0v) is 13.4. The highest BCUT2D eigenvalue weighted by Crippen LogP contribution is 2.09. The fraction of sp³-hybridized carbons (Fsp3) is 0.400. The van der Waals surface area contributed by atoms with E-state index in [0.29, 0.717) is 24.7 Å². The van der Waals surface area contributed by atoms with Crippen molar-refractivity contribution in [1.29, 1.82) is 0 Å². The second-order valence-electron chi connectivity index (χ2n) is 5.21. The second-order valence-corrected chi connectivity index (χ2v) is 5.21. The largest absolute Gasteiger partial charge is 0.474 e. The molecule has 0 aliphatic carbocycles. The average molecular weight is 316 g/mol. The van der Waals surface area contributed by atoms with E-state index in [1.165, 1.54) is 0 Å². The number of hydrogen-bond donors (Lipinski definition) is 2. The molecule has 2 amide bonds. The summed E-state index contributed by atoms with van der Waals surface area (Å²) >= 11 is 0. The van der Waals surface area contributed by atoms with Crippen molar-refractivity contribution in [2.24, 2.45) is 0 Å². The first-order valence-corrected chi connectivity index (χ1v) is 7.35. The maximum Gasteiger partial charge on any atom is 0.320 e. The van der Waals surface area contributed by atoms with Crippen molar-refractivity contribution < 1.29 is 9.53 Å². The first-order valence-electron chi connectivity index (χ1n) is 7.35. The fourth-order valence-electron chi connectivity index (χ4n) is 1.79. The van der Waals surface area contributed by atoms with Crippen molar-refractivity contribution in [3.63, 3.8) is 0 Å². The van der Waals surface area contributed by atoms with Crippen molar-refractivity contribution in [3.8, 4) is 5.88 Å². The van der Waals surface area contributed by atoms with E-state index in [0.717, 1.165) is 11.4 Å². The number of carbonyl (C=O) groups is 1. The van der Waals surface area contributed by atoms with Gasteiger partial charge in [-0.15, -0.1) is 10.2 Å². The van der Waals surface area contributed by atoms with E-state index in [-0.39, 0.29) is 12.1 Å². The summed E-state index contributed by atoms with van der Waals surface area (Å²) in [6.45, 7) is 6.13. The van der Waals surface area contributed by atoms with Crippen LogP contribution in [-0.2, 0) is 6.42 Å². The van der Waals surface area contributed by atoms with Crippen LogP contribution in [-0.4, -0.2) is 38.8 Å². The lowest BCUT2D eigenvalue weighted by atomic mass is 10.3. The third kappa shape index (κ3) is 5.85. The summed E-state index contributed by atoms with van der Waals surface area (Å²) in [4.78, 5) is 20.1. The molecule has 0 spiro atoms. The minimum absolute atomic E-state index is 0.0242. The van der Waals surface area contributed by atoms with Crippen molar-refractivity contribution >= 4 is 11.8 Å². The molecule has 8 nitrogen and oxygen atoms in total. The number of nitrogens with one attached hydrogen (secondary N) is 2. The lowest BCUT2D eigenvalue weighted by molar-refractivity contribution is 0.230. The summed E-state index contributed by atoms with van der Waals surface area (Å²) in [6.07, 6.45) is 4.01. The predicted molar refractivity (Wildman–Crippen MR) is 85.3 cm³/mol. The van der Waals surface area contributed by atoms with Crippen molar-refractivity contribution in [3.05, 3.63) is 35.9 Å². The van der Waals surface area contributed by atoms with Crippen molar-refractivity contribution in [2.75, 3.05) is 11.9 Å². The number of anilines is 1. The molecular formula is C15H20N6O2. The van der Waals surface area contributed by atoms with E-state index in [1.807, 2.05) is 20.8 Å². The molecule has 8 heteroatoms. The quantitative estimate of drug-likeness (QED) is 0.841. The third-order valence-corrected chi connectivity index (χ3v) is 2.71. The Kier molecular flexibility index (Phi) is 5.79. The minimum atomic E-state index is -0.350. The van der Waals surface area contributed by atoms with Gasteiger partial charge >= 0.3 is 6.03 Å². The van der Waals surface area contributed by atoms with Gasteiger partial charge in [-0.3, -0.25) is 15.3 Å². The fourth-order valence-corrected chi connectivity index (χ4v) is 1.79. The molecule has 2 aromatic rings. The topological polar surface area (TPSA) is 102 Å². The predicted octanol–water partition coefficient (Wildman–Crippen LogP) is 1.73. The van der Waals surface area contributed by atoms with Crippen LogP contribution in [0, 0.1) is 6.92 Å². The Balaban J connectivity index is 1.76. The Morgan fingerprint density at radius 1 is 1.26 bits per heavy atom. The van der Waals surface area contributed by atoms with Gasteiger partial charge in [0.1, 0.15) is 0 Å². The molecule has 2 N–H and O–H groups in total. The number of amides is 2. The van der Waals surface area contributed by atoms with Gasteiger partial charge < -0.3 is 10.1 Å². The van der Waals surface area contributed by atoms with Gasteiger partial charge in [-0.2, -0.15) is 0 Å². The highest BCUT2D eigenvalue weighted by Gasteiger charge is 2.05. The van der Waals surface area contributed by atoms with Gasteiger partial charge in [0.25, 0.3) is 0 Å². The van der Waals surface area contributed by atoms with Crippen LogP contribution in [0.25, 0.3) is 0 Å². The Hall–Kier alpha value is -2.77. The molecule has 2 heterocycles. The van der Waals surface area contributed by atoms with Gasteiger partial charge in [0, 0.05) is 31.4 Å². The summed E-state index contributed by atoms with van der Waals surface area (Å²) in [5, 5.41) is 13.1. The molecule has 0 aliphatic rings. The molecule has 2 rings (SSSR count). The van der Waals surface area contributed by atoms with Crippen LogP contribution in [0.3, 0.4) is 0 Å². The minimum Gasteiger partial charge on any atom is -0.474 e.